The van der Waals surface area contributed by atoms with E-state index in [1.165, 1.54) is 0 Å². The first-order chi connectivity index (χ1) is 17.1. The maximum absolute atomic E-state index is 12.7. The molecule has 1 unspecified atom stereocenters. The Morgan fingerprint density at radius 3 is 2.00 bits per heavy atom. The van der Waals surface area contributed by atoms with E-state index in [1.807, 2.05) is 0 Å². The Morgan fingerprint density at radius 2 is 1.51 bits per heavy atom. The zero-order valence-corrected chi connectivity index (χ0v) is 26.5. The number of rotatable bonds is 10. The summed E-state index contributed by atoms with van der Waals surface area (Å²) in [4.78, 5) is 23.3. The van der Waals surface area contributed by atoms with Gasteiger partial charge in [0.1, 0.15) is 15.8 Å². The van der Waals surface area contributed by atoms with Gasteiger partial charge in [0.25, 0.3) is 5.91 Å². The van der Waals surface area contributed by atoms with Crippen LogP contribution in [0.1, 0.15) is 0 Å². The minimum absolute atomic E-state index is 0. The van der Waals surface area contributed by atoms with Gasteiger partial charge in [0, 0.05) is 0 Å². The quantitative estimate of drug-likeness (QED) is 0.148. The fraction of sp³-hybridized carbons (Fsp3) is 0.167. The fourth-order valence-electron chi connectivity index (χ4n) is 2.85. The summed E-state index contributed by atoms with van der Waals surface area (Å²) < 4.78 is 91.1. The maximum Gasteiger partial charge on any atom is 1.00 e. The average Bonchev–Trinajstić information content (AvgIpc) is 3.13. The molecule has 1 N–H and O–H groups in total. The van der Waals surface area contributed by atoms with Crippen molar-refractivity contribution in [1.82, 2.24) is 0 Å². The molecule has 0 radical (unpaired) electrons. The number of azo groups is 1. The number of carboxylic acid groups (broad SMARTS) is 1. The molecule has 0 saturated heterocycles. The number of carboxylic acids is 1. The van der Waals surface area contributed by atoms with Crippen LogP contribution in [0.4, 0.5) is 11.4 Å². The molecule has 16 nitrogen and oxygen atoms in total. The van der Waals surface area contributed by atoms with Crippen molar-refractivity contribution < 1.29 is 112 Å². The van der Waals surface area contributed by atoms with Crippen molar-refractivity contribution in [2.24, 2.45) is 15.3 Å². The van der Waals surface area contributed by atoms with Crippen LogP contribution >= 0.6 is 0 Å². The monoisotopic (exact) mass is 620 g/mol. The summed E-state index contributed by atoms with van der Waals surface area (Å²) in [5.41, 5.74) is -0.879. The van der Waals surface area contributed by atoms with E-state index in [-0.39, 0.29) is 75.4 Å². The molecule has 198 valence electrons. The van der Waals surface area contributed by atoms with Gasteiger partial charge in [-0.15, -0.1) is 0 Å². The number of hydrogen-bond acceptors (Lipinski definition) is 14. The van der Waals surface area contributed by atoms with Crippen LogP contribution in [-0.2, 0) is 44.1 Å². The molecular formula is C18H14N4Na2O12S3. The summed E-state index contributed by atoms with van der Waals surface area (Å²) in [6, 6.07) is 6.64. The Kier molecular flexibility index (Phi) is 12.6. The predicted molar refractivity (Wildman–Crippen MR) is 119 cm³/mol. The van der Waals surface area contributed by atoms with E-state index in [9.17, 15) is 44.5 Å². The van der Waals surface area contributed by atoms with Crippen LogP contribution in [0.5, 0.6) is 0 Å². The van der Waals surface area contributed by atoms with E-state index in [2.05, 4.69) is 19.5 Å². The zero-order chi connectivity index (χ0) is 27.6. The standard InChI is InChI=1S/C18H16N4O12S3.2Na/c23-17-15(16(18(24)25)21-22(17)12-3-7-14(8-4-12)36(28,29)30)20-19-11-1-5-13(6-2-11)35(26,27)10-9-34-37(31,32)33;;/h1-8,15H,9-10H2,(H,24,25)(H,28,29,30)(H,31,32,33);;/q;2*+1/p-2. The van der Waals surface area contributed by atoms with Crippen LogP contribution in [0.25, 0.3) is 0 Å². The van der Waals surface area contributed by atoms with Gasteiger partial charge >= 0.3 is 69.5 Å². The first-order valence-corrected chi connectivity index (χ1v) is 14.1. The van der Waals surface area contributed by atoms with Crippen molar-refractivity contribution in [2.75, 3.05) is 17.4 Å². The van der Waals surface area contributed by atoms with Gasteiger partial charge in [-0.25, -0.2) is 21.0 Å². The third-order valence-corrected chi connectivity index (χ3v) is 7.57. The number of hydrogen-bond donors (Lipinski definition) is 1. The van der Waals surface area contributed by atoms with E-state index in [1.54, 1.807) is 0 Å². The van der Waals surface area contributed by atoms with Crippen molar-refractivity contribution in [3.63, 3.8) is 0 Å². The third kappa shape index (κ3) is 9.47. The van der Waals surface area contributed by atoms with Gasteiger partial charge in [0.2, 0.25) is 0 Å². The second kappa shape index (κ2) is 13.8. The van der Waals surface area contributed by atoms with Crippen LogP contribution in [0.3, 0.4) is 0 Å². The Morgan fingerprint density at radius 1 is 0.974 bits per heavy atom. The van der Waals surface area contributed by atoms with Crippen LogP contribution in [0.15, 0.2) is 73.7 Å². The smallest absolute Gasteiger partial charge is 0.744 e. The number of carbonyl (C=O) groups excluding carboxylic acids is 2. The van der Waals surface area contributed by atoms with E-state index in [4.69, 9.17) is 4.55 Å². The van der Waals surface area contributed by atoms with Gasteiger partial charge < -0.3 is 14.5 Å². The molecule has 3 rings (SSSR count). The van der Waals surface area contributed by atoms with Crippen LogP contribution < -0.4 is 69.2 Å². The fourth-order valence-corrected chi connectivity index (χ4v) is 4.81. The molecule has 21 heteroatoms. The van der Waals surface area contributed by atoms with Crippen molar-refractivity contribution in [3.05, 3.63) is 48.5 Å². The number of aliphatic carboxylic acids is 1. The molecule has 1 atom stereocenters. The summed E-state index contributed by atoms with van der Waals surface area (Å²) in [7, 11) is -13.6. The molecule has 2 aromatic carbocycles. The second-order valence-corrected chi connectivity index (χ2v) is 11.6. The van der Waals surface area contributed by atoms with Gasteiger partial charge in [-0.05, 0) is 48.5 Å². The summed E-state index contributed by atoms with van der Waals surface area (Å²) in [5, 5.41) is 23.1. The number of sulfone groups is 1. The molecule has 1 amide bonds. The average molecular weight is 621 g/mol. The van der Waals surface area contributed by atoms with Crippen molar-refractivity contribution in [2.45, 2.75) is 15.8 Å². The van der Waals surface area contributed by atoms with Crippen molar-refractivity contribution in [3.8, 4) is 0 Å². The number of benzene rings is 2. The minimum atomic E-state index is -4.81. The SMILES string of the molecule is O=C([O-])C1=NN(c2ccc(S(=O)(=O)[O-])cc2)C(=O)C1N=Nc1ccc(S(=O)(=O)CCOS(=O)(=O)O)cc1.[Na+].[Na+]. The first kappa shape index (κ1) is 35.4. The van der Waals surface area contributed by atoms with Gasteiger partial charge in [-0.1, -0.05) is 0 Å². The molecular weight excluding hydrogens is 606 g/mol. The van der Waals surface area contributed by atoms with E-state index >= 15 is 0 Å². The molecule has 0 aromatic heterocycles. The van der Waals surface area contributed by atoms with Gasteiger partial charge in [-0.2, -0.15) is 28.8 Å². The van der Waals surface area contributed by atoms with E-state index in [0.29, 0.717) is 5.01 Å². The molecule has 0 fully saturated rings. The van der Waals surface area contributed by atoms with E-state index in [0.717, 1.165) is 48.5 Å². The summed E-state index contributed by atoms with van der Waals surface area (Å²) in [6.45, 7) is -0.830. The van der Waals surface area contributed by atoms with Crippen LogP contribution in [0.2, 0.25) is 0 Å². The predicted octanol–water partition coefficient (Wildman–Crippen LogP) is -7.20. The van der Waals surface area contributed by atoms with E-state index < -0.39 is 71.2 Å². The topological polar surface area (TPSA) is 252 Å². The first-order valence-electron chi connectivity index (χ1n) is 9.64. The molecule has 1 heterocycles. The summed E-state index contributed by atoms with van der Waals surface area (Å²) in [6.07, 6.45) is 0. The van der Waals surface area contributed by atoms with Gasteiger partial charge in [-0.3, -0.25) is 9.35 Å². The number of nitrogens with zero attached hydrogens (tertiary/aromatic N) is 4. The molecule has 0 aliphatic carbocycles. The molecule has 0 saturated carbocycles. The van der Waals surface area contributed by atoms with Gasteiger partial charge in [0.15, 0.2) is 15.9 Å². The molecule has 1 aliphatic rings. The summed E-state index contributed by atoms with van der Waals surface area (Å²) >= 11 is 0. The third-order valence-electron chi connectivity index (χ3n) is 4.56. The van der Waals surface area contributed by atoms with Crippen LogP contribution in [-0.4, -0.2) is 70.3 Å². The summed E-state index contributed by atoms with van der Waals surface area (Å²) in [5.74, 6) is -3.60. The number of carbonyl (C=O) groups is 2. The zero-order valence-electron chi connectivity index (χ0n) is 20.1. The van der Waals surface area contributed by atoms with Gasteiger partial charge in [0.05, 0.1) is 39.5 Å². The Balaban J connectivity index is 0.00000380. The number of anilines is 1. The largest absolute Gasteiger partial charge is 1.00 e. The van der Waals surface area contributed by atoms with Crippen molar-refractivity contribution in [1.29, 1.82) is 0 Å². The molecule has 1 aliphatic heterocycles. The molecule has 2 aromatic rings. The minimum Gasteiger partial charge on any atom is -0.744 e. The normalized spacial score (nSPS) is 15.9. The maximum atomic E-state index is 12.7. The second-order valence-electron chi connectivity index (χ2n) is 7.05. The molecule has 39 heavy (non-hydrogen) atoms. The Hall–Kier alpha value is -1.62. The number of amides is 1. The molecule has 0 spiro atoms. The Bertz CT molecular complexity index is 1610. The molecule has 0 bridgehead atoms. The van der Waals surface area contributed by atoms with Crippen molar-refractivity contribution >= 4 is 59.3 Å². The Labute approximate surface area is 266 Å². The van der Waals surface area contributed by atoms with Crippen LogP contribution in [0, 0.1) is 0 Å². The number of hydrazone groups is 1.